The lowest BCUT2D eigenvalue weighted by Crippen LogP contribution is -1.99. The monoisotopic (exact) mass is 295 g/mol. The van der Waals surface area contributed by atoms with Gasteiger partial charge in [-0.1, -0.05) is 28.1 Å². The number of hydrogen-bond acceptors (Lipinski definition) is 2. The molecule has 0 aliphatic carbocycles. The summed E-state index contributed by atoms with van der Waals surface area (Å²) in [6.45, 7) is 0.508. The second kappa shape index (κ2) is 5.19. The van der Waals surface area contributed by atoms with E-state index in [0.717, 1.165) is 15.7 Å². The van der Waals surface area contributed by atoms with Crippen molar-refractivity contribution in [3.05, 3.63) is 58.3 Å². The third-order valence-corrected chi connectivity index (χ3v) is 2.83. The second-order valence-corrected chi connectivity index (χ2v) is 4.57. The highest BCUT2D eigenvalue weighted by molar-refractivity contribution is 9.10. The average molecular weight is 296 g/mol. The molecule has 2 rings (SSSR count). The summed E-state index contributed by atoms with van der Waals surface area (Å²) < 4.78 is 14.1. The fraction of sp³-hybridized carbons (Fsp3) is 0.0769. The standard InChI is InChI=1S/C13H11BrFNO/c14-10-2-1-3-11(7-10)16-8-9-4-5-13(17)12(15)6-9/h1-7,16-17H,8H2. The first kappa shape index (κ1) is 11.9. The molecule has 0 fully saturated rings. The Balaban J connectivity index is 2.05. The Labute approximate surface area is 107 Å². The highest BCUT2D eigenvalue weighted by atomic mass is 79.9. The van der Waals surface area contributed by atoms with Crippen LogP contribution >= 0.6 is 15.9 Å². The molecule has 0 unspecified atom stereocenters. The van der Waals surface area contributed by atoms with E-state index in [2.05, 4.69) is 21.2 Å². The van der Waals surface area contributed by atoms with Gasteiger partial charge >= 0.3 is 0 Å². The summed E-state index contributed by atoms with van der Waals surface area (Å²) in [5, 5.41) is 12.2. The van der Waals surface area contributed by atoms with Gasteiger partial charge in [0.2, 0.25) is 0 Å². The molecule has 0 saturated carbocycles. The first-order chi connectivity index (χ1) is 8.15. The zero-order chi connectivity index (χ0) is 12.3. The number of anilines is 1. The maximum absolute atomic E-state index is 13.1. The summed E-state index contributed by atoms with van der Waals surface area (Å²) in [4.78, 5) is 0. The fourth-order valence-corrected chi connectivity index (χ4v) is 1.86. The lowest BCUT2D eigenvalue weighted by molar-refractivity contribution is 0.432. The van der Waals surface area contributed by atoms with E-state index in [1.54, 1.807) is 6.07 Å². The molecule has 0 amide bonds. The van der Waals surface area contributed by atoms with Crippen LogP contribution in [-0.4, -0.2) is 5.11 Å². The van der Waals surface area contributed by atoms with Crippen LogP contribution in [0.1, 0.15) is 5.56 Å². The molecule has 0 aromatic heterocycles. The summed E-state index contributed by atoms with van der Waals surface area (Å²) in [6.07, 6.45) is 0. The van der Waals surface area contributed by atoms with E-state index in [-0.39, 0.29) is 5.75 Å². The summed E-state index contributed by atoms with van der Waals surface area (Å²) in [7, 11) is 0. The van der Waals surface area contributed by atoms with Gasteiger partial charge in [-0.05, 0) is 35.9 Å². The molecule has 0 bridgehead atoms. The molecular weight excluding hydrogens is 285 g/mol. The van der Waals surface area contributed by atoms with Crippen molar-refractivity contribution in [3.63, 3.8) is 0 Å². The van der Waals surface area contributed by atoms with Gasteiger partial charge in [-0.15, -0.1) is 0 Å². The number of benzene rings is 2. The third kappa shape index (κ3) is 3.20. The summed E-state index contributed by atoms with van der Waals surface area (Å²) in [5.41, 5.74) is 1.73. The molecule has 0 aliphatic heterocycles. The van der Waals surface area contributed by atoms with Crippen molar-refractivity contribution in [2.75, 3.05) is 5.32 Å². The van der Waals surface area contributed by atoms with Crippen molar-refractivity contribution in [2.45, 2.75) is 6.54 Å². The first-order valence-electron chi connectivity index (χ1n) is 5.12. The van der Waals surface area contributed by atoms with E-state index >= 15 is 0 Å². The summed E-state index contributed by atoms with van der Waals surface area (Å²) in [6, 6.07) is 12.1. The summed E-state index contributed by atoms with van der Waals surface area (Å²) >= 11 is 3.38. The zero-order valence-electron chi connectivity index (χ0n) is 8.95. The molecule has 2 N–H and O–H groups in total. The Kier molecular flexibility index (Phi) is 3.64. The Bertz CT molecular complexity index is 531. The van der Waals surface area contributed by atoms with Crippen LogP contribution in [0.4, 0.5) is 10.1 Å². The molecule has 0 aliphatic rings. The molecule has 2 aromatic rings. The minimum Gasteiger partial charge on any atom is -0.505 e. The van der Waals surface area contributed by atoms with Crippen LogP contribution < -0.4 is 5.32 Å². The maximum atomic E-state index is 13.1. The molecule has 0 atom stereocenters. The molecule has 88 valence electrons. The highest BCUT2D eigenvalue weighted by Gasteiger charge is 2.01. The molecule has 2 aromatic carbocycles. The van der Waals surface area contributed by atoms with Gasteiger partial charge in [0, 0.05) is 16.7 Å². The minimum absolute atomic E-state index is 0.323. The number of nitrogens with one attached hydrogen (secondary N) is 1. The fourth-order valence-electron chi connectivity index (χ4n) is 1.46. The highest BCUT2D eigenvalue weighted by Crippen LogP contribution is 2.19. The number of phenolic OH excluding ortho intramolecular Hbond substituents is 1. The van der Waals surface area contributed by atoms with Gasteiger partial charge < -0.3 is 10.4 Å². The smallest absolute Gasteiger partial charge is 0.165 e. The minimum atomic E-state index is -0.599. The molecule has 2 nitrogen and oxygen atoms in total. The lowest BCUT2D eigenvalue weighted by atomic mass is 10.2. The van der Waals surface area contributed by atoms with Crippen LogP contribution in [0.25, 0.3) is 0 Å². The predicted molar refractivity (Wildman–Crippen MR) is 69.5 cm³/mol. The number of rotatable bonds is 3. The Morgan fingerprint density at radius 2 is 2.00 bits per heavy atom. The van der Waals surface area contributed by atoms with Gasteiger partial charge in [0.05, 0.1) is 0 Å². The molecule has 0 radical (unpaired) electrons. The van der Waals surface area contributed by atoms with Crippen LogP contribution in [0.2, 0.25) is 0 Å². The largest absolute Gasteiger partial charge is 0.505 e. The van der Waals surface area contributed by atoms with Crippen molar-refractivity contribution in [1.29, 1.82) is 0 Å². The average Bonchev–Trinajstić information content (AvgIpc) is 2.31. The van der Waals surface area contributed by atoms with Crippen LogP contribution in [0.5, 0.6) is 5.75 Å². The van der Waals surface area contributed by atoms with Crippen LogP contribution in [0.15, 0.2) is 46.9 Å². The van der Waals surface area contributed by atoms with Crippen LogP contribution in [0.3, 0.4) is 0 Å². The number of phenols is 1. The van der Waals surface area contributed by atoms with Gasteiger partial charge in [0.25, 0.3) is 0 Å². The van der Waals surface area contributed by atoms with E-state index in [0.29, 0.717) is 6.54 Å². The van der Waals surface area contributed by atoms with E-state index < -0.39 is 5.82 Å². The number of halogens is 2. The molecule has 0 saturated heterocycles. The van der Waals surface area contributed by atoms with Crippen LogP contribution in [0, 0.1) is 5.82 Å². The van der Waals surface area contributed by atoms with Crippen molar-refractivity contribution < 1.29 is 9.50 Å². The van der Waals surface area contributed by atoms with E-state index in [1.807, 2.05) is 24.3 Å². The topological polar surface area (TPSA) is 32.3 Å². The Morgan fingerprint density at radius 3 is 2.71 bits per heavy atom. The molecule has 0 heterocycles. The molecule has 17 heavy (non-hydrogen) atoms. The summed E-state index contributed by atoms with van der Waals surface area (Å²) in [5.74, 6) is -0.922. The molecule has 4 heteroatoms. The van der Waals surface area contributed by atoms with Crippen molar-refractivity contribution in [3.8, 4) is 5.75 Å². The Hall–Kier alpha value is -1.55. The number of hydrogen-bond donors (Lipinski definition) is 2. The van der Waals surface area contributed by atoms with Gasteiger partial charge in [-0.25, -0.2) is 4.39 Å². The third-order valence-electron chi connectivity index (χ3n) is 2.33. The van der Waals surface area contributed by atoms with Gasteiger partial charge in [-0.3, -0.25) is 0 Å². The Morgan fingerprint density at radius 1 is 1.18 bits per heavy atom. The predicted octanol–water partition coefficient (Wildman–Crippen LogP) is 3.91. The van der Waals surface area contributed by atoms with Crippen LogP contribution in [-0.2, 0) is 6.54 Å². The normalized spacial score (nSPS) is 10.2. The maximum Gasteiger partial charge on any atom is 0.165 e. The molecular formula is C13H11BrFNO. The zero-order valence-corrected chi connectivity index (χ0v) is 10.5. The second-order valence-electron chi connectivity index (χ2n) is 3.65. The van der Waals surface area contributed by atoms with Gasteiger partial charge in [-0.2, -0.15) is 0 Å². The van der Waals surface area contributed by atoms with Gasteiger partial charge in [0.15, 0.2) is 11.6 Å². The quantitative estimate of drug-likeness (QED) is 0.900. The van der Waals surface area contributed by atoms with Crippen molar-refractivity contribution >= 4 is 21.6 Å². The van der Waals surface area contributed by atoms with Crippen molar-refractivity contribution in [1.82, 2.24) is 0 Å². The van der Waals surface area contributed by atoms with Gasteiger partial charge in [0.1, 0.15) is 0 Å². The van der Waals surface area contributed by atoms with E-state index in [1.165, 1.54) is 12.1 Å². The first-order valence-corrected chi connectivity index (χ1v) is 5.91. The van der Waals surface area contributed by atoms with Crippen molar-refractivity contribution in [2.24, 2.45) is 0 Å². The van der Waals surface area contributed by atoms with E-state index in [9.17, 15) is 4.39 Å². The number of aromatic hydroxyl groups is 1. The lowest BCUT2D eigenvalue weighted by Gasteiger charge is -2.07. The molecule has 0 spiro atoms. The van der Waals surface area contributed by atoms with E-state index in [4.69, 9.17) is 5.11 Å². The SMILES string of the molecule is Oc1ccc(CNc2cccc(Br)c2)cc1F.